The lowest BCUT2D eigenvalue weighted by Gasteiger charge is -2.30. The van der Waals surface area contributed by atoms with Crippen LogP contribution in [0.3, 0.4) is 0 Å². The molecule has 1 aliphatic carbocycles. The SMILES string of the molecule is CC(C)(CCl)C(=O)N(Cc1cnc2ccccn12)C1CC1. The molecule has 0 saturated heterocycles. The molecule has 0 radical (unpaired) electrons. The first-order chi connectivity index (χ1) is 10.0. The van der Waals surface area contributed by atoms with Crippen LogP contribution in [0.1, 0.15) is 32.4 Å². The Morgan fingerprint density at radius 1 is 1.48 bits per heavy atom. The fourth-order valence-electron chi connectivity index (χ4n) is 2.48. The van der Waals surface area contributed by atoms with Gasteiger partial charge in [0.2, 0.25) is 5.91 Å². The quantitative estimate of drug-likeness (QED) is 0.796. The Balaban J connectivity index is 1.88. The topological polar surface area (TPSA) is 37.6 Å². The number of nitrogens with zero attached hydrogens (tertiary/aromatic N) is 3. The maximum atomic E-state index is 12.8. The number of carbonyl (C=O) groups is 1. The molecule has 5 heteroatoms. The zero-order chi connectivity index (χ0) is 15.0. The summed E-state index contributed by atoms with van der Waals surface area (Å²) in [7, 11) is 0. The summed E-state index contributed by atoms with van der Waals surface area (Å²) in [4.78, 5) is 19.1. The van der Waals surface area contributed by atoms with Crippen molar-refractivity contribution in [2.45, 2.75) is 39.3 Å². The van der Waals surface area contributed by atoms with Gasteiger partial charge in [0, 0.05) is 18.1 Å². The van der Waals surface area contributed by atoms with Crippen LogP contribution in [0, 0.1) is 5.41 Å². The van der Waals surface area contributed by atoms with Gasteiger partial charge in [-0.15, -0.1) is 11.6 Å². The van der Waals surface area contributed by atoms with Crippen molar-refractivity contribution in [3.63, 3.8) is 0 Å². The second-order valence-corrected chi connectivity index (χ2v) is 6.63. The van der Waals surface area contributed by atoms with Gasteiger partial charge in [-0.25, -0.2) is 4.98 Å². The highest BCUT2D eigenvalue weighted by Crippen LogP contribution is 2.33. The van der Waals surface area contributed by atoms with Crippen LogP contribution >= 0.6 is 11.6 Å². The van der Waals surface area contributed by atoms with Crippen LogP contribution in [0.2, 0.25) is 0 Å². The van der Waals surface area contributed by atoms with Gasteiger partial charge in [0.25, 0.3) is 0 Å². The molecule has 0 atom stereocenters. The molecule has 112 valence electrons. The van der Waals surface area contributed by atoms with Gasteiger partial charge in [-0.2, -0.15) is 0 Å². The molecule has 0 aliphatic heterocycles. The first kappa shape index (κ1) is 14.4. The minimum Gasteiger partial charge on any atom is -0.333 e. The number of alkyl halides is 1. The number of amides is 1. The Morgan fingerprint density at radius 2 is 2.24 bits per heavy atom. The molecule has 2 aromatic heterocycles. The summed E-state index contributed by atoms with van der Waals surface area (Å²) in [5, 5.41) is 0. The predicted octanol–water partition coefficient (Wildman–Crippen LogP) is 3.09. The Bertz CT molecular complexity index is 660. The first-order valence-electron chi connectivity index (χ1n) is 7.31. The summed E-state index contributed by atoms with van der Waals surface area (Å²) in [6.07, 6.45) is 6.01. The maximum absolute atomic E-state index is 12.8. The lowest BCUT2D eigenvalue weighted by Crippen LogP contribution is -2.43. The number of aromatic nitrogens is 2. The van der Waals surface area contributed by atoms with Crippen molar-refractivity contribution in [3.8, 4) is 0 Å². The molecule has 21 heavy (non-hydrogen) atoms. The van der Waals surface area contributed by atoms with Gasteiger partial charge < -0.3 is 9.30 Å². The number of hydrogen-bond donors (Lipinski definition) is 0. The van der Waals surface area contributed by atoms with Crippen LogP contribution in [0.15, 0.2) is 30.6 Å². The molecular formula is C16H20ClN3O. The monoisotopic (exact) mass is 305 g/mol. The van der Waals surface area contributed by atoms with Crippen LogP contribution in [-0.2, 0) is 11.3 Å². The fourth-order valence-corrected chi connectivity index (χ4v) is 2.59. The first-order valence-corrected chi connectivity index (χ1v) is 7.84. The van der Waals surface area contributed by atoms with Gasteiger partial charge in [-0.1, -0.05) is 6.07 Å². The summed E-state index contributed by atoms with van der Waals surface area (Å²) in [6, 6.07) is 6.26. The molecule has 1 fully saturated rings. The molecule has 1 saturated carbocycles. The molecule has 0 spiro atoms. The molecular weight excluding hydrogens is 286 g/mol. The van der Waals surface area contributed by atoms with Crippen molar-refractivity contribution >= 4 is 23.2 Å². The minimum atomic E-state index is -0.523. The number of fused-ring (bicyclic) bond motifs is 1. The average molecular weight is 306 g/mol. The number of hydrogen-bond acceptors (Lipinski definition) is 2. The van der Waals surface area contributed by atoms with Crippen molar-refractivity contribution in [1.82, 2.24) is 14.3 Å². The summed E-state index contributed by atoms with van der Waals surface area (Å²) >= 11 is 5.97. The van der Waals surface area contributed by atoms with Crippen LogP contribution in [0.4, 0.5) is 0 Å². The Morgan fingerprint density at radius 3 is 2.90 bits per heavy atom. The highest BCUT2D eigenvalue weighted by molar-refractivity contribution is 6.19. The van der Waals surface area contributed by atoms with Gasteiger partial charge in [-0.3, -0.25) is 4.79 Å². The van der Waals surface area contributed by atoms with Gasteiger partial charge in [0.05, 0.1) is 23.9 Å². The molecule has 0 aromatic carbocycles. The van der Waals surface area contributed by atoms with Gasteiger partial charge in [-0.05, 0) is 38.8 Å². The predicted molar refractivity (Wildman–Crippen MR) is 83.3 cm³/mol. The number of carbonyl (C=O) groups excluding carboxylic acids is 1. The van der Waals surface area contributed by atoms with Gasteiger partial charge in [0.15, 0.2) is 0 Å². The number of imidazole rings is 1. The molecule has 1 amide bonds. The zero-order valence-electron chi connectivity index (χ0n) is 12.4. The highest BCUT2D eigenvalue weighted by atomic mass is 35.5. The third-order valence-electron chi connectivity index (χ3n) is 3.99. The average Bonchev–Trinajstić information content (AvgIpc) is 3.25. The molecule has 1 aliphatic rings. The van der Waals surface area contributed by atoms with Crippen LogP contribution in [-0.4, -0.2) is 32.1 Å². The van der Waals surface area contributed by atoms with Crippen molar-refractivity contribution in [2.75, 3.05) is 5.88 Å². The summed E-state index contributed by atoms with van der Waals surface area (Å²) < 4.78 is 2.04. The van der Waals surface area contributed by atoms with Crippen molar-refractivity contribution < 1.29 is 4.79 Å². The van der Waals surface area contributed by atoms with Crippen molar-refractivity contribution in [2.24, 2.45) is 5.41 Å². The van der Waals surface area contributed by atoms with Gasteiger partial charge in [0.1, 0.15) is 5.65 Å². The van der Waals surface area contributed by atoms with E-state index in [4.69, 9.17) is 11.6 Å². The third kappa shape index (κ3) is 2.77. The molecule has 3 rings (SSSR count). The maximum Gasteiger partial charge on any atom is 0.230 e. The van der Waals surface area contributed by atoms with E-state index in [1.165, 1.54) is 0 Å². The highest BCUT2D eigenvalue weighted by Gasteiger charge is 2.39. The lowest BCUT2D eigenvalue weighted by atomic mass is 9.94. The summed E-state index contributed by atoms with van der Waals surface area (Å²) in [6.45, 7) is 4.41. The largest absolute Gasteiger partial charge is 0.333 e. The number of halogens is 1. The molecule has 4 nitrogen and oxygen atoms in total. The zero-order valence-corrected chi connectivity index (χ0v) is 13.2. The van der Waals surface area contributed by atoms with E-state index in [1.807, 2.05) is 53.7 Å². The van der Waals surface area contributed by atoms with Gasteiger partial charge >= 0.3 is 0 Å². The van der Waals surface area contributed by atoms with E-state index in [0.29, 0.717) is 18.5 Å². The Labute approximate surface area is 129 Å². The standard InChI is InChI=1S/C16H20ClN3O/c1-16(2,11-17)15(21)20(12-6-7-12)10-13-9-18-14-5-3-4-8-19(13)14/h3-5,8-9,12H,6-7,10-11H2,1-2H3. The van der Waals surface area contributed by atoms with Crippen molar-refractivity contribution in [1.29, 1.82) is 0 Å². The summed E-state index contributed by atoms with van der Waals surface area (Å²) in [5.41, 5.74) is 1.42. The molecule has 2 aromatic rings. The second-order valence-electron chi connectivity index (χ2n) is 6.36. The second kappa shape index (κ2) is 5.34. The number of pyridine rings is 1. The van der Waals surface area contributed by atoms with E-state index in [9.17, 15) is 4.79 Å². The fraction of sp³-hybridized carbons (Fsp3) is 0.500. The van der Waals surface area contributed by atoms with E-state index >= 15 is 0 Å². The molecule has 0 unspecified atom stereocenters. The van der Waals surface area contributed by atoms with Crippen LogP contribution in [0.25, 0.3) is 5.65 Å². The molecule has 2 heterocycles. The van der Waals surface area contributed by atoms with E-state index < -0.39 is 5.41 Å². The molecule has 0 N–H and O–H groups in total. The smallest absolute Gasteiger partial charge is 0.230 e. The Kier molecular flexibility index (Phi) is 3.66. The summed E-state index contributed by atoms with van der Waals surface area (Å²) in [5.74, 6) is 0.466. The Hall–Kier alpha value is -1.55. The third-order valence-corrected chi connectivity index (χ3v) is 4.66. The van der Waals surface area contributed by atoms with Crippen molar-refractivity contribution in [3.05, 3.63) is 36.3 Å². The lowest BCUT2D eigenvalue weighted by molar-refractivity contribution is -0.140. The van der Waals surface area contributed by atoms with Crippen LogP contribution in [0.5, 0.6) is 0 Å². The van der Waals surface area contributed by atoms with Crippen LogP contribution < -0.4 is 0 Å². The van der Waals surface area contributed by atoms with E-state index in [2.05, 4.69) is 4.98 Å². The van der Waals surface area contributed by atoms with E-state index in [1.54, 1.807) is 0 Å². The molecule has 0 bridgehead atoms. The minimum absolute atomic E-state index is 0.130. The number of rotatable bonds is 5. The normalized spacial score (nSPS) is 15.4. The van der Waals surface area contributed by atoms with E-state index in [0.717, 1.165) is 24.2 Å². The van der Waals surface area contributed by atoms with E-state index in [-0.39, 0.29) is 5.91 Å².